The lowest BCUT2D eigenvalue weighted by Crippen LogP contribution is -2.43. The van der Waals surface area contributed by atoms with Gasteiger partial charge in [-0.05, 0) is 63.2 Å². The molecule has 1 heterocycles. The lowest BCUT2D eigenvalue weighted by molar-refractivity contribution is 0.143. The fourth-order valence-electron chi connectivity index (χ4n) is 3.60. The van der Waals surface area contributed by atoms with Gasteiger partial charge >= 0.3 is 0 Å². The first kappa shape index (κ1) is 10.3. The monoisotopic (exact) mass is 215 g/mol. The second-order valence-corrected chi connectivity index (χ2v) is 5.54. The molecule has 2 atom stereocenters. The number of aryl methyl sites for hydroxylation is 2. The second kappa shape index (κ2) is 3.89. The first-order chi connectivity index (χ1) is 7.75. The maximum Gasteiger partial charge on any atom is 0.0164 e. The number of hydrogen-bond donors (Lipinski definition) is 0. The number of nitrogens with zero attached hydrogens (tertiary/aromatic N) is 1. The summed E-state index contributed by atoms with van der Waals surface area (Å²) in [6, 6.07) is 7.87. The topological polar surface area (TPSA) is 3.24 Å². The number of likely N-dealkylation sites (N-methyl/N-ethyl adjacent to an activating group) is 1. The first-order valence-corrected chi connectivity index (χ1v) is 6.55. The quantitative estimate of drug-likeness (QED) is 0.642. The average Bonchev–Trinajstić information content (AvgIpc) is 2.29. The minimum absolute atomic E-state index is 0.808. The van der Waals surface area contributed by atoms with Crippen LogP contribution in [0.4, 0.5) is 0 Å². The lowest BCUT2D eigenvalue weighted by Gasteiger charge is -2.43. The van der Waals surface area contributed by atoms with E-state index in [-0.39, 0.29) is 0 Å². The summed E-state index contributed by atoms with van der Waals surface area (Å²) in [5.74, 6) is 0.808. The van der Waals surface area contributed by atoms with Crippen LogP contribution in [0.2, 0.25) is 0 Å². The van der Waals surface area contributed by atoms with Crippen LogP contribution in [-0.2, 0) is 6.42 Å². The Morgan fingerprint density at radius 3 is 3.00 bits per heavy atom. The van der Waals surface area contributed by atoms with Crippen LogP contribution < -0.4 is 0 Å². The number of piperidine rings is 1. The summed E-state index contributed by atoms with van der Waals surface area (Å²) in [7, 11) is 2.30. The van der Waals surface area contributed by atoms with Gasteiger partial charge in [-0.3, -0.25) is 0 Å². The highest BCUT2D eigenvalue weighted by atomic mass is 15.1. The van der Waals surface area contributed by atoms with Gasteiger partial charge < -0.3 is 4.90 Å². The Hall–Kier alpha value is -0.820. The van der Waals surface area contributed by atoms with Gasteiger partial charge in [-0.25, -0.2) is 0 Å². The normalized spacial score (nSPS) is 29.6. The van der Waals surface area contributed by atoms with Gasteiger partial charge in [-0.1, -0.05) is 23.8 Å². The molecule has 3 rings (SSSR count). The van der Waals surface area contributed by atoms with Crippen LogP contribution in [-0.4, -0.2) is 24.5 Å². The number of benzene rings is 1. The van der Waals surface area contributed by atoms with Gasteiger partial charge in [-0.15, -0.1) is 0 Å². The molecule has 0 saturated carbocycles. The smallest absolute Gasteiger partial charge is 0.0164 e. The van der Waals surface area contributed by atoms with Crippen molar-refractivity contribution in [3.63, 3.8) is 0 Å². The molecule has 86 valence electrons. The van der Waals surface area contributed by atoms with Crippen molar-refractivity contribution in [2.45, 2.75) is 44.6 Å². The number of rotatable bonds is 0. The second-order valence-electron chi connectivity index (χ2n) is 5.54. The molecule has 0 radical (unpaired) electrons. The molecular formula is C15H21N. The fraction of sp³-hybridized carbons (Fsp3) is 0.600. The summed E-state index contributed by atoms with van der Waals surface area (Å²) in [5, 5.41) is 0. The molecule has 2 aliphatic rings. The molecule has 2 unspecified atom stereocenters. The van der Waals surface area contributed by atoms with E-state index in [0.29, 0.717) is 0 Å². The Bertz CT molecular complexity index is 396. The van der Waals surface area contributed by atoms with E-state index in [9.17, 15) is 0 Å². The molecule has 0 spiro atoms. The number of hydrogen-bond acceptors (Lipinski definition) is 1. The standard InChI is InChI=1S/C15H21N/c1-11-5-6-12-7-8-15-13(14(12)10-11)4-3-9-16(15)2/h5-6,10,13,15H,3-4,7-9H2,1-2H3. The molecule has 0 bridgehead atoms. The van der Waals surface area contributed by atoms with E-state index >= 15 is 0 Å². The Kier molecular flexibility index (Phi) is 2.51. The van der Waals surface area contributed by atoms with Crippen molar-refractivity contribution in [2.75, 3.05) is 13.6 Å². The van der Waals surface area contributed by atoms with E-state index in [2.05, 4.69) is 37.1 Å². The van der Waals surface area contributed by atoms with Crippen molar-refractivity contribution in [3.8, 4) is 0 Å². The van der Waals surface area contributed by atoms with Crippen molar-refractivity contribution in [2.24, 2.45) is 0 Å². The van der Waals surface area contributed by atoms with Crippen molar-refractivity contribution in [1.82, 2.24) is 4.90 Å². The fourth-order valence-corrected chi connectivity index (χ4v) is 3.60. The van der Waals surface area contributed by atoms with Gasteiger partial charge in [-0.2, -0.15) is 0 Å². The van der Waals surface area contributed by atoms with Crippen LogP contribution in [0.3, 0.4) is 0 Å². The largest absolute Gasteiger partial charge is 0.303 e. The van der Waals surface area contributed by atoms with Crippen LogP contribution in [0.5, 0.6) is 0 Å². The summed E-state index contributed by atoms with van der Waals surface area (Å²) < 4.78 is 0. The van der Waals surface area contributed by atoms with E-state index in [0.717, 1.165) is 12.0 Å². The first-order valence-electron chi connectivity index (χ1n) is 6.55. The summed E-state index contributed by atoms with van der Waals surface area (Å²) in [5.41, 5.74) is 4.69. The minimum atomic E-state index is 0.808. The third-order valence-corrected chi connectivity index (χ3v) is 4.47. The molecule has 1 aromatic rings. The Balaban J connectivity index is 2.01. The predicted octanol–water partition coefficient (Wildman–Crippen LogP) is 3.12. The minimum Gasteiger partial charge on any atom is -0.303 e. The zero-order valence-corrected chi connectivity index (χ0v) is 10.4. The molecule has 1 nitrogen and oxygen atoms in total. The zero-order valence-electron chi connectivity index (χ0n) is 10.4. The van der Waals surface area contributed by atoms with Crippen molar-refractivity contribution >= 4 is 0 Å². The van der Waals surface area contributed by atoms with Gasteiger partial charge in [0.25, 0.3) is 0 Å². The molecule has 1 aliphatic carbocycles. The molecule has 0 amide bonds. The lowest BCUT2D eigenvalue weighted by atomic mass is 9.74. The molecule has 0 aromatic heterocycles. The van der Waals surface area contributed by atoms with Crippen LogP contribution in [0.1, 0.15) is 41.9 Å². The number of fused-ring (bicyclic) bond motifs is 3. The van der Waals surface area contributed by atoms with E-state index in [1.54, 1.807) is 11.1 Å². The predicted molar refractivity (Wildman–Crippen MR) is 67.9 cm³/mol. The molecule has 0 N–H and O–H groups in total. The highest BCUT2D eigenvalue weighted by molar-refractivity contribution is 5.37. The Labute approximate surface area is 98.5 Å². The van der Waals surface area contributed by atoms with Crippen molar-refractivity contribution in [3.05, 3.63) is 34.9 Å². The third kappa shape index (κ3) is 1.58. The highest BCUT2D eigenvalue weighted by Crippen LogP contribution is 2.40. The van der Waals surface area contributed by atoms with Gasteiger partial charge in [0, 0.05) is 6.04 Å². The van der Waals surface area contributed by atoms with Crippen molar-refractivity contribution < 1.29 is 0 Å². The van der Waals surface area contributed by atoms with Gasteiger partial charge in [0.15, 0.2) is 0 Å². The van der Waals surface area contributed by atoms with Crippen LogP contribution in [0.25, 0.3) is 0 Å². The Morgan fingerprint density at radius 2 is 2.12 bits per heavy atom. The SMILES string of the molecule is Cc1ccc2c(c1)C1CCCN(C)C1CC2. The molecule has 1 aromatic carbocycles. The maximum absolute atomic E-state index is 2.58. The summed E-state index contributed by atoms with van der Waals surface area (Å²) in [6.07, 6.45) is 5.40. The Morgan fingerprint density at radius 1 is 1.25 bits per heavy atom. The van der Waals surface area contributed by atoms with Crippen LogP contribution >= 0.6 is 0 Å². The number of likely N-dealkylation sites (tertiary alicyclic amines) is 1. The maximum atomic E-state index is 2.58. The molecule has 1 saturated heterocycles. The van der Waals surface area contributed by atoms with Crippen molar-refractivity contribution in [1.29, 1.82) is 0 Å². The van der Waals surface area contributed by atoms with Gasteiger partial charge in [0.1, 0.15) is 0 Å². The van der Waals surface area contributed by atoms with Crippen LogP contribution in [0, 0.1) is 6.92 Å². The van der Waals surface area contributed by atoms with E-state index in [4.69, 9.17) is 0 Å². The zero-order chi connectivity index (χ0) is 11.1. The summed E-state index contributed by atoms with van der Waals surface area (Å²) in [4.78, 5) is 2.58. The molecular weight excluding hydrogens is 194 g/mol. The van der Waals surface area contributed by atoms with Crippen LogP contribution in [0.15, 0.2) is 18.2 Å². The molecule has 16 heavy (non-hydrogen) atoms. The molecule has 1 fully saturated rings. The van der Waals surface area contributed by atoms with E-state index < -0.39 is 0 Å². The van der Waals surface area contributed by atoms with E-state index in [1.807, 2.05) is 0 Å². The summed E-state index contributed by atoms with van der Waals surface area (Å²) >= 11 is 0. The van der Waals surface area contributed by atoms with Gasteiger partial charge in [0.2, 0.25) is 0 Å². The molecule has 1 aliphatic heterocycles. The summed E-state index contributed by atoms with van der Waals surface area (Å²) in [6.45, 7) is 3.51. The third-order valence-electron chi connectivity index (χ3n) is 4.47. The van der Waals surface area contributed by atoms with E-state index in [1.165, 1.54) is 37.8 Å². The molecule has 1 heteroatoms. The van der Waals surface area contributed by atoms with Gasteiger partial charge in [0.05, 0.1) is 0 Å². The highest BCUT2D eigenvalue weighted by Gasteiger charge is 2.34. The average molecular weight is 215 g/mol.